The SMILES string of the molecule is CCCCc1ccc(Oc2ccc(S(=O)(=O)CC(CN3C(=O)N(C)C(C)(C)C3=O)N(O)C=O)cc2)cc1. The van der Waals surface area contributed by atoms with Gasteiger partial charge in [0.05, 0.1) is 23.2 Å². The van der Waals surface area contributed by atoms with Crippen molar-refractivity contribution in [3.05, 3.63) is 54.1 Å². The first-order chi connectivity index (χ1) is 17.4. The van der Waals surface area contributed by atoms with E-state index in [0.717, 1.165) is 24.2 Å². The minimum Gasteiger partial charge on any atom is -0.457 e. The molecule has 3 rings (SSSR count). The largest absolute Gasteiger partial charge is 0.457 e. The summed E-state index contributed by atoms with van der Waals surface area (Å²) in [5, 5.41) is 10.2. The van der Waals surface area contributed by atoms with Crippen molar-refractivity contribution in [1.82, 2.24) is 14.9 Å². The third-order valence-electron chi connectivity index (χ3n) is 6.57. The number of likely N-dealkylation sites (N-methyl/N-ethyl adjacent to an activating group) is 1. The molecule has 0 saturated carbocycles. The molecule has 1 aliphatic heterocycles. The van der Waals surface area contributed by atoms with Crippen LogP contribution in [0.1, 0.15) is 39.2 Å². The topological polar surface area (TPSA) is 125 Å². The standard InChI is InChI=1S/C26H33N3O7S/c1-5-6-7-19-8-10-21(11-9-19)36-22-12-14-23(15-13-22)37(34,35)17-20(29(33)18-30)16-28-24(31)26(2,3)27(4)25(28)32/h8-15,18,20,33H,5-7,16-17H2,1-4H3. The van der Waals surface area contributed by atoms with Gasteiger partial charge in [-0.2, -0.15) is 0 Å². The molecule has 1 N–H and O–H groups in total. The summed E-state index contributed by atoms with van der Waals surface area (Å²) in [6.45, 7) is 4.77. The Balaban J connectivity index is 1.72. The van der Waals surface area contributed by atoms with Gasteiger partial charge in [0.25, 0.3) is 5.91 Å². The summed E-state index contributed by atoms with van der Waals surface area (Å²) < 4.78 is 32.0. The zero-order valence-corrected chi connectivity index (χ0v) is 22.3. The van der Waals surface area contributed by atoms with Crippen molar-refractivity contribution >= 4 is 28.2 Å². The summed E-state index contributed by atoms with van der Waals surface area (Å²) in [6.07, 6.45) is 3.26. The Kier molecular flexibility index (Phi) is 8.60. The molecule has 0 bridgehead atoms. The average Bonchev–Trinajstić information content (AvgIpc) is 3.02. The number of sulfone groups is 1. The molecule has 1 aliphatic rings. The molecular weight excluding hydrogens is 498 g/mol. The van der Waals surface area contributed by atoms with Gasteiger partial charge in [-0.25, -0.2) is 18.3 Å². The Labute approximate surface area is 217 Å². The fourth-order valence-electron chi connectivity index (χ4n) is 3.96. The zero-order chi connectivity index (χ0) is 27.4. The summed E-state index contributed by atoms with van der Waals surface area (Å²) in [5.41, 5.74) is 0.0826. The molecule has 1 saturated heterocycles. The van der Waals surface area contributed by atoms with Gasteiger partial charge in [0, 0.05) is 7.05 Å². The predicted octanol–water partition coefficient (Wildman–Crippen LogP) is 3.48. The van der Waals surface area contributed by atoms with Crippen molar-refractivity contribution in [2.75, 3.05) is 19.3 Å². The van der Waals surface area contributed by atoms with E-state index in [-0.39, 0.29) is 16.4 Å². The highest BCUT2D eigenvalue weighted by molar-refractivity contribution is 7.91. The number of carbonyl (C=O) groups excluding carboxylic acids is 3. The van der Waals surface area contributed by atoms with E-state index in [1.165, 1.54) is 41.8 Å². The average molecular weight is 532 g/mol. The van der Waals surface area contributed by atoms with E-state index in [1.54, 1.807) is 13.8 Å². The van der Waals surface area contributed by atoms with E-state index in [9.17, 15) is 28.0 Å². The molecule has 0 aliphatic carbocycles. The van der Waals surface area contributed by atoms with Gasteiger partial charge in [0.15, 0.2) is 9.84 Å². The number of nitrogens with zero attached hydrogens (tertiary/aromatic N) is 3. The summed E-state index contributed by atoms with van der Waals surface area (Å²) in [7, 11) is -2.57. The van der Waals surface area contributed by atoms with Crippen molar-refractivity contribution in [2.45, 2.75) is 56.5 Å². The number of urea groups is 1. The minimum absolute atomic E-state index is 0.0462. The van der Waals surface area contributed by atoms with Gasteiger partial charge in [-0.3, -0.25) is 19.7 Å². The molecule has 0 radical (unpaired) electrons. The van der Waals surface area contributed by atoms with Crippen LogP contribution in [0.3, 0.4) is 0 Å². The van der Waals surface area contributed by atoms with Crippen LogP contribution in [-0.4, -0.2) is 77.8 Å². The summed E-state index contributed by atoms with van der Waals surface area (Å²) in [6, 6.07) is 11.4. The molecule has 1 heterocycles. The first-order valence-corrected chi connectivity index (χ1v) is 13.7. The smallest absolute Gasteiger partial charge is 0.327 e. The molecule has 2 aromatic rings. The normalized spacial score (nSPS) is 16.1. The number of hydrogen-bond donors (Lipinski definition) is 1. The maximum atomic E-state index is 13.1. The molecule has 11 heteroatoms. The fourth-order valence-corrected chi connectivity index (χ4v) is 5.46. The predicted molar refractivity (Wildman–Crippen MR) is 136 cm³/mol. The lowest BCUT2D eigenvalue weighted by molar-refractivity contribution is -0.160. The number of hydrogen-bond acceptors (Lipinski definition) is 7. The number of rotatable bonds is 12. The van der Waals surface area contributed by atoms with Crippen molar-refractivity contribution in [3.8, 4) is 11.5 Å². The Hall–Kier alpha value is -3.44. The molecular formula is C26H33N3O7S. The Morgan fingerprint density at radius 2 is 1.62 bits per heavy atom. The zero-order valence-electron chi connectivity index (χ0n) is 21.5. The minimum atomic E-state index is -4.02. The van der Waals surface area contributed by atoms with E-state index in [2.05, 4.69) is 6.92 Å². The number of carbonyl (C=O) groups is 3. The second-order valence-electron chi connectivity index (χ2n) is 9.56. The maximum absolute atomic E-state index is 13.1. The Morgan fingerprint density at radius 3 is 2.11 bits per heavy atom. The van der Waals surface area contributed by atoms with Crippen molar-refractivity contribution < 1.29 is 32.7 Å². The van der Waals surface area contributed by atoms with Gasteiger partial charge in [0.1, 0.15) is 17.0 Å². The Bertz CT molecular complexity index is 1230. The number of benzene rings is 2. The number of amides is 4. The molecule has 0 aromatic heterocycles. The van der Waals surface area contributed by atoms with Crippen molar-refractivity contribution in [1.29, 1.82) is 0 Å². The molecule has 10 nitrogen and oxygen atoms in total. The highest BCUT2D eigenvalue weighted by Crippen LogP contribution is 2.28. The molecule has 200 valence electrons. The van der Waals surface area contributed by atoms with E-state index in [1.807, 2.05) is 24.3 Å². The van der Waals surface area contributed by atoms with Crippen LogP contribution in [0.4, 0.5) is 4.79 Å². The first-order valence-electron chi connectivity index (χ1n) is 12.0. The van der Waals surface area contributed by atoms with Crippen LogP contribution in [0.15, 0.2) is 53.4 Å². The van der Waals surface area contributed by atoms with Gasteiger partial charge >= 0.3 is 6.03 Å². The molecule has 0 spiro atoms. The number of unbranched alkanes of at least 4 members (excludes halogenated alkanes) is 1. The molecule has 1 atom stereocenters. The van der Waals surface area contributed by atoms with Gasteiger partial charge in [0.2, 0.25) is 6.41 Å². The summed E-state index contributed by atoms with van der Waals surface area (Å²) in [5.74, 6) is -0.206. The lowest BCUT2D eigenvalue weighted by Gasteiger charge is -2.26. The van der Waals surface area contributed by atoms with Gasteiger partial charge in [-0.15, -0.1) is 0 Å². The van der Waals surface area contributed by atoms with Gasteiger partial charge in [-0.1, -0.05) is 25.5 Å². The van der Waals surface area contributed by atoms with Crippen molar-refractivity contribution in [2.24, 2.45) is 0 Å². The van der Waals surface area contributed by atoms with Crippen LogP contribution >= 0.6 is 0 Å². The quantitative estimate of drug-likeness (QED) is 0.192. The van der Waals surface area contributed by atoms with Crippen LogP contribution < -0.4 is 4.74 Å². The highest BCUT2D eigenvalue weighted by Gasteiger charge is 2.50. The van der Waals surface area contributed by atoms with Crippen LogP contribution in [0, 0.1) is 0 Å². The second kappa shape index (κ2) is 11.3. The monoisotopic (exact) mass is 531 g/mol. The fraction of sp³-hybridized carbons (Fsp3) is 0.423. The molecule has 37 heavy (non-hydrogen) atoms. The maximum Gasteiger partial charge on any atom is 0.327 e. The third kappa shape index (κ3) is 6.28. The number of hydroxylamine groups is 2. The second-order valence-corrected chi connectivity index (χ2v) is 11.6. The molecule has 4 amide bonds. The van der Waals surface area contributed by atoms with Crippen LogP contribution in [0.2, 0.25) is 0 Å². The van der Waals surface area contributed by atoms with Crippen LogP contribution in [0.5, 0.6) is 11.5 Å². The van der Waals surface area contributed by atoms with E-state index in [0.29, 0.717) is 11.5 Å². The Morgan fingerprint density at radius 1 is 1.05 bits per heavy atom. The number of aryl methyl sites for hydroxylation is 1. The lowest BCUT2D eigenvalue weighted by Crippen LogP contribution is -2.48. The number of ether oxygens (including phenoxy) is 1. The van der Waals surface area contributed by atoms with E-state index in [4.69, 9.17) is 4.74 Å². The lowest BCUT2D eigenvalue weighted by atomic mass is 10.1. The first kappa shape index (κ1) is 28.1. The van der Waals surface area contributed by atoms with Gasteiger partial charge in [-0.05, 0) is 68.7 Å². The van der Waals surface area contributed by atoms with Crippen LogP contribution in [-0.2, 0) is 25.8 Å². The van der Waals surface area contributed by atoms with E-state index < -0.39 is 45.7 Å². The molecule has 1 fully saturated rings. The van der Waals surface area contributed by atoms with Crippen LogP contribution in [0.25, 0.3) is 0 Å². The van der Waals surface area contributed by atoms with Gasteiger partial charge < -0.3 is 9.64 Å². The number of imide groups is 1. The van der Waals surface area contributed by atoms with E-state index >= 15 is 0 Å². The molecule has 2 aromatic carbocycles. The highest BCUT2D eigenvalue weighted by atomic mass is 32.2. The summed E-state index contributed by atoms with van der Waals surface area (Å²) >= 11 is 0. The summed E-state index contributed by atoms with van der Waals surface area (Å²) in [4.78, 5) is 38.5. The molecule has 1 unspecified atom stereocenters. The third-order valence-corrected chi connectivity index (χ3v) is 8.39. The van der Waals surface area contributed by atoms with Crippen molar-refractivity contribution in [3.63, 3.8) is 0 Å².